The molecule has 5 heteroatoms. The third-order valence-electron chi connectivity index (χ3n) is 3.26. The van der Waals surface area contributed by atoms with Crippen molar-refractivity contribution < 1.29 is 19.0 Å². The molecular formula is C18H19NO4. The van der Waals surface area contributed by atoms with Gasteiger partial charge in [0.15, 0.2) is 5.78 Å². The lowest BCUT2D eigenvalue weighted by molar-refractivity contribution is 0.104. The minimum Gasteiger partial charge on any atom is -0.497 e. The molecule has 0 unspecified atom stereocenters. The van der Waals surface area contributed by atoms with Crippen LogP contribution in [0.4, 0.5) is 5.69 Å². The summed E-state index contributed by atoms with van der Waals surface area (Å²) in [5.74, 6) is 1.94. The van der Waals surface area contributed by atoms with Gasteiger partial charge in [0.2, 0.25) is 0 Å². The van der Waals surface area contributed by atoms with E-state index in [1.54, 1.807) is 57.9 Å². The lowest BCUT2D eigenvalue weighted by Gasteiger charge is -2.09. The summed E-state index contributed by atoms with van der Waals surface area (Å²) in [7, 11) is 4.75. The van der Waals surface area contributed by atoms with Crippen LogP contribution in [0, 0.1) is 0 Å². The van der Waals surface area contributed by atoms with Gasteiger partial charge in [-0.05, 0) is 36.4 Å². The minimum atomic E-state index is -0.104. The third kappa shape index (κ3) is 4.26. The van der Waals surface area contributed by atoms with Gasteiger partial charge < -0.3 is 19.5 Å². The van der Waals surface area contributed by atoms with Crippen LogP contribution in [0.25, 0.3) is 0 Å². The van der Waals surface area contributed by atoms with Gasteiger partial charge in [-0.2, -0.15) is 0 Å². The van der Waals surface area contributed by atoms with Crippen molar-refractivity contribution in [3.63, 3.8) is 0 Å². The molecule has 2 rings (SSSR count). The monoisotopic (exact) mass is 313 g/mol. The van der Waals surface area contributed by atoms with Gasteiger partial charge in [0.05, 0.1) is 27.0 Å². The summed E-state index contributed by atoms with van der Waals surface area (Å²) in [5.41, 5.74) is 1.33. The number of ketones is 1. The van der Waals surface area contributed by atoms with Crippen molar-refractivity contribution in [1.82, 2.24) is 0 Å². The minimum absolute atomic E-state index is 0.104. The van der Waals surface area contributed by atoms with Crippen molar-refractivity contribution in [2.24, 2.45) is 0 Å². The third-order valence-corrected chi connectivity index (χ3v) is 3.26. The first kappa shape index (κ1) is 16.4. The largest absolute Gasteiger partial charge is 0.497 e. The molecule has 1 N–H and O–H groups in total. The molecule has 0 aliphatic carbocycles. The predicted molar refractivity (Wildman–Crippen MR) is 89.6 cm³/mol. The Bertz CT molecular complexity index is 693. The van der Waals surface area contributed by atoms with E-state index in [1.807, 2.05) is 12.1 Å². The van der Waals surface area contributed by atoms with Gasteiger partial charge in [-0.25, -0.2) is 0 Å². The summed E-state index contributed by atoms with van der Waals surface area (Å²) < 4.78 is 15.5. The average Bonchev–Trinajstić information content (AvgIpc) is 2.61. The van der Waals surface area contributed by atoms with Crippen molar-refractivity contribution in [2.45, 2.75) is 0 Å². The van der Waals surface area contributed by atoms with E-state index in [9.17, 15) is 4.79 Å². The predicted octanol–water partition coefficient (Wildman–Crippen LogP) is 3.52. The summed E-state index contributed by atoms with van der Waals surface area (Å²) >= 11 is 0. The quantitative estimate of drug-likeness (QED) is 0.626. The zero-order chi connectivity index (χ0) is 16.7. The van der Waals surface area contributed by atoms with Crippen LogP contribution in [-0.4, -0.2) is 27.1 Å². The molecule has 0 heterocycles. The van der Waals surface area contributed by atoms with Crippen LogP contribution in [0.2, 0.25) is 0 Å². The van der Waals surface area contributed by atoms with Crippen LogP contribution < -0.4 is 19.5 Å². The number of benzene rings is 2. The van der Waals surface area contributed by atoms with Crippen molar-refractivity contribution in [2.75, 3.05) is 26.6 Å². The van der Waals surface area contributed by atoms with E-state index < -0.39 is 0 Å². The van der Waals surface area contributed by atoms with Crippen molar-refractivity contribution >= 4 is 11.5 Å². The smallest absolute Gasteiger partial charge is 0.187 e. The van der Waals surface area contributed by atoms with Gasteiger partial charge in [0.25, 0.3) is 0 Å². The Labute approximate surface area is 135 Å². The summed E-state index contributed by atoms with van der Waals surface area (Å²) in [6.45, 7) is 0. The summed E-state index contributed by atoms with van der Waals surface area (Å²) in [6, 6.07) is 12.3. The Morgan fingerprint density at radius 2 is 1.57 bits per heavy atom. The summed E-state index contributed by atoms with van der Waals surface area (Å²) in [4.78, 5) is 12.1. The van der Waals surface area contributed by atoms with E-state index in [-0.39, 0.29) is 5.78 Å². The molecule has 0 saturated carbocycles. The number of nitrogens with one attached hydrogen (secondary N) is 1. The van der Waals surface area contributed by atoms with Crippen LogP contribution in [-0.2, 0) is 0 Å². The zero-order valence-electron chi connectivity index (χ0n) is 13.3. The molecule has 0 amide bonds. The number of hydrogen-bond donors (Lipinski definition) is 1. The Morgan fingerprint density at radius 3 is 2.17 bits per heavy atom. The van der Waals surface area contributed by atoms with Crippen LogP contribution in [0.1, 0.15) is 10.4 Å². The SMILES string of the molecule is COc1ccc(C(=O)C=CNc2ccc(OC)cc2OC)cc1. The molecule has 23 heavy (non-hydrogen) atoms. The molecule has 0 spiro atoms. The number of allylic oxidation sites excluding steroid dienone is 1. The molecule has 0 bridgehead atoms. The van der Waals surface area contributed by atoms with Crippen molar-refractivity contribution in [1.29, 1.82) is 0 Å². The normalized spacial score (nSPS) is 10.4. The molecular weight excluding hydrogens is 294 g/mol. The Hall–Kier alpha value is -2.95. The maximum Gasteiger partial charge on any atom is 0.187 e. The number of anilines is 1. The van der Waals surface area contributed by atoms with E-state index in [1.165, 1.54) is 6.08 Å². The molecule has 0 aromatic heterocycles. The Balaban J connectivity index is 2.04. The Kier molecular flexibility index (Phi) is 5.63. The molecule has 5 nitrogen and oxygen atoms in total. The fraction of sp³-hybridized carbons (Fsp3) is 0.167. The second kappa shape index (κ2) is 7.89. The van der Waals surface area contributed by atoms with Gasteiger partial charge in [-0.15, -0.1) is 0 Å². The highest BCUT2D eigenvalue weighted by Gasteiger charge is 2.04. The molecule has 120 valence electrons. The van der Waals surface area contributed by atoms with E-state index in [4.69, 9.17) is 14.2 Å². The van der Waals surface area contributed by atoms with E-state index >= 15 is 0 Å². The summed E-state index contributed by atoms with van der Waals surface area (Å²) in [6.07, 6.45) is 3.04. The van der Waals surface area contributed by atoms with Gasteiger partial charge in [0, 0.05) is 23.9 Å². The van der Waals surface area contributed by atoms with Crippen LogP contribution in [0.15, 0.2) is 54.7 Å². The average molecular weight is 313 g/mol. The topological polar surface area (TPSA) is 56.8 Å². The molecule has 0 fully saturated rings. The summed E-state index contributed by atoms with van der Waals surface area (Å²) in [5, 5.41) is 3.03. The molecule has 0 aliphatic heterocycles. The highest BCUT2D eigenvalue weighted by atomic mass is 16.5. The van der Waals surface area contributed by atoms with Gasteiger partial charge in [-0.1, -0.05) is 0 Å². The van der Waals surface area contributed by atoms with E-state index in [2.05, 4.69) is 5.32 Å². The molecule has 0 aliphatic rings. The molecule has 2 aromatic carbocycles. The first-order chi connectivity index (χ1) is 11.2. The van der Waals surface area contributed by atoms with Gasteiger partial charge >= 0.3 is 0 Å². The van der Waals surface area contributed by atoms with Crippen molar-refractivity contribution in [3.05, 3.63) is 60.3 Å². The second-order valence-electron chi connectivity index (χ2n) is 4.64. The first-order valence-corrected chi connectivity index (χ1v) is 7.01. The Morgan fingerprint density at radius 1 is 0.913 bits per heavy atom. The maximum atomic E-state index is 12.1. The maximum absolute atomic E-state index is 12.1. The van der Waals surface area contributed by atoms with Crippen LogP contribution in [0.3, 0.4) is 0 Å². The number of methoxy groups -OCH3 is 3. The van der Waals surface area contributed by atoms with Crippen LogP contribution in [0.5, 0.6) is 17.2 Å². The van der Waals surface area contributed by atoms with Gasteiger partial charge in [-0.3, -0.25) is 4.79 Å². The number of ether oxygens (including phenoxy) is 3. The molecule has 0 saturated heterocycles. The van der Waals surface area contributed by atoms with Crippen LogP contribution >= 0.6 is 0 Å². The standard InChI is InChI=1S/C18H19NO4/c1-21-14-6-4-13(5-7-14)17(20)10-11-19-16-9-8-15(22-2)12-18(16)23-3/h4-12,19H,1-3H3. The first-order valence-electron chi connectivity index (χ1n) is 7.01. The lowest BCUT2D eigenvalue weighted by atomic mass is 10.1. The van der Waals surface area contributed by atoms with Gasteiger partial charge in [0.1, 0.15) is 17.2 Å². The second-order valence-corrected chi connectivity index (χ2v) is 4.64. The lowest BCUT2D eigenvalue weighted by Crippen LogP contribution is -1.98. The molecule has 0 atom stereocenters. The number of carbonyl (C=O) groups excluding carboxylic acids is 1. The highest BCUT2D eigenvalue weighted by Crippen LogP contribution is 2.28. The fourth-order valence-corrected chi connectivity index (χ4v) is 1.98. The zero-order valence-corrected chi connectivity index (χ0v) is 13.3. The number of hydrogen-bond acceptors (Lipinski definition) is 5. The number of rotatable bonds is 7. The van der Waals surface area contributed by atoms with E-state index in [0.29, 0.717) is 22.8 Å². The van der Waals surface area contributed by atoms with Crippen molar-refractivity contribution in [3.8, 4) is 17.2 Å². The highest BCUT2D eigenvalue weighted by molar-refractivity contribution is 6.04. The molecule has 2 aromatic rings. The molecule has 0 radical (unpaired) electrons. The van der Waals surface area contributed by atoms with E-state index in [0.717, 1.165) is 5.69 Å². The number of carbonyl (C=O) groups is 1. The fourth-order valence-electron chi connectivity index (χ4n) is 1.98.